The Bertz CT molecular complexity index is 1030. The van der Waals surface area contributed by atoms with Crippen molar-refractivity contribution in [2.75, 3.05) is 29.1 Å². The number of hydrogen-bond acceptors (Lipinski definition) is 4. The van der Waals surface area contributed by atoms with E-state index in [1.807, 2.05) is 30.3 Å². The number of rotatable bonds is 3. The molecule has 0 saturated carbocycles. The van der Waals surface area contributed by atoms with Gasteiger partial charge in [-0.25, -0.2) is 8.42 Å². The number of amides is 2. The lowest BCUT2D eigenvalue weighted by Gasteiger charge is -2.31. The molecule has 1 atom stereocenters. The zero-order valence-electron chi connectivity index (χ0n) is 15.7. The fourth-order valence-electron chi connectivity index (χ4n) is 3.98. The molecule has 2 amide bonds. The van der Waals surface area contributed by atoms with Gasteiger partial charge in [-0.2, -0.15) is 0 Å². The summed E-state index contributed by atoms with van der Waals surface area (Å²) in [6.07, 6.45) is 2.89. The van der Waals surface area contributed by atoms with Crippen molar-refractivity contribution in [3.63, 3.8) is 0 Å². The summed E-state index contributed by atoms with van der Waals surface area (Å²) in [7, 11) is -3.29. The molecule has 4 rings (SSSR count). The number of aryl methyl sites for hydroxylation is 1. The van der Waals surface area contributed by atoms with Crippen molar-refractivity contribution in [1.82, 2.24) is 0 Å². The maximum atomic E-state index is 13.2. The Balaban J connectivity index is 1.58. The Labute approximate surface area is 164 Å². The molecule has 0 aliphatic carbocycles. The maximum Gasteiger partial charge on any atom is 0.232 e. The number of benzene rings is 2. The van der Waals surface area contributed by atoms with Gasteiger partial charge in [0.2, 0.25) is 11.8 Å². The molecule has 0 unspecified atom stereocenters. The average molecular weight is 398 g/mol. The van der Waals surface area contributed by atoms with Gasteiger partial charge in [0, 0.05) is 37.1 Å². The summed E-state index contributed by atoms with van der Waals surface area (Å²) in [6, 6.07) is 14.3. The molecule has 0 radical (unpaired) electrons. The van der Waals surface area contributed by atoms with Gasteiger partial charge in [0.25, 0.3) is 0 Å². The van der Waals surface area contributed by atoms with E-state index in [-0.39, 0.29) is 23.1 Å². The van der Waals surface area contributed by atoms with Gasteiger partial charge in [-0.05, 0) is 48.7 Å². The summed E-state index contributed by atoms with van der Waals surface area (Å²) in [5, 5.41) is 0. The molecule has 2 aromatic rings. The third-order valence-electron chi connectivity index (χ3n) is 5.41. The van der Waals surface area contributed by atoms with E-state index >= 15 is 0 Å². The molecular formula is C21H22N2O4S. The molecule has 0 aromatic heterocycles. The second kappa shape index (κ2) is 7.05. The summed E-state index contributed by atoms with van der Waals surface area (Å²) >= 11 is 0. The number of carbonyl (C=O) groups excluding carboxylic acids is 2. The number of fused-ring (bicyclic) bond motifs is 1. The molecule has 0 spiro atoms. The first-order valence-electron chi connectivity index (χ1n) is 9.34. The number of para-hydroxylation sites is 1. The summed E-state index contributed by atoms with van der Waals surface area (Å²) in [4.78, 5) is 29.3. The van der Waals surface area contributed by atoms with Crippen LogP contribution in [-0.2, 0) is 25.8 Å². The van der Waals surface area contributed by atoms with E-state index < -0.39 is 15.8 Å². The van der Waals surface area contributed by atoms with E-state index in [0.717, 1.165) is 29.8 Å². The van der Waals surface area contributed by atoms with Crippen molar-refractivity contribution in [1.29, 1.82) is 0 Å². The van der Waals surface area contributed by atoms with E-state index in [9.17, 15) is 18.0 Å². The first kappa shape index (κ1) is 18.7. The molecule has 1 saturated heterocycles. The van der Waals surface area contributed by atoms with Crippen LogP contribution in [0.4, 0.5) is 11.4 Å². The Kier molecular flexibility index (Phi) is 4.71. The van der Waals surface area contributed by atoms with E-state index in [2.05, 4.69) is 0 Å². The fourth-order valence-corrected chi connectivity index (χ4v) is 4.66. The third kappa shape index (κ3) is 3.42. The smallest absolute Gasteiger partial charge is 0.232 e. The monoisotopic (exact) mass is 398 g/mol. The van der Waals surface area contributed by atoms with Crippen LogP contribution in [0.1, 0.15) is 18.4 Å². The quantitative estimate of drug-likeness (QED) is 0.796. The molecule has 2 aromatic carbocycles. The van der Waals surface area contributed by atoms with Gasteiger partial charge in [-0.1, -0.05) is 18.2 Å². The number of carbonyl (C=O) groups is 2. The van der Waals surface area contributed by atoms with E-state index in [1.165, 1.54) is 6.26 Å². The zero-order chi connectivity index (χ0) is 19.9. The molecule has 2 aliphatic heterocycles. The molecular weight excluding hydrogens is 376 g/mol. The molecule has 28 heavy (non-hydrogen) atoms. The highest BCUT2D eigenvalue weighted by Crippen LogP contribution is 2.33. The number of anilines is 2. The minimum atomic E-state index is -3.29. The molecule has 2 heterocycles. The van der Waals surface area contributed by atoms with Crippen LogP contribution in [0.3, 0.4) is 0 Å². The Hall–Kier alpha value is -2.67. The van der Waals surface area contributed by atoms with Gasteiger partial charge in [0.05, 0.1) is 10.8 Å². The van der Waals surface area contributed by atoms with Gasteiger partial charge in [0.15, 0.2) is 9.84 Å². The first-order chi connectivity index (χ1) is 13.3. The summed E-state index contributed by atoms with van der Waals surface area (Å²) < 4.78 is 23.7. The Morgan fingerprint density at radius 1 is 1.11 bits per heavy atom. The lowest BCUT2D eigenvalue weighted by Crippen LogP contribution is -2.40. The average Bonchev–Trinajstić information content (AvgIpc) is 3.08. The number of sulfone groups is 1. The Morgan fingerprint density at radius 3 is 2.57 bits per heavy atom. The number of hydrogen-bond donors (Lipinski definition) is 0. The predicted molar refractivity (Wildman–Crippen MR) is 107 cm³/mol. The molecule has 146 valence electrons. The summed E-state index contributed by atoms with van der Waals surface area (Å²) in [6.45, 7) is 0.953. The van der Waals surface area contributed by atoms with Crippen molar-refractivity contribution in [2.45, 2.75) is 24.2 Å². The number of nitrogens with zero attached hydrogens (tertiary/aromatic N) is 2. The summed E-state index contributed by atoms with van der Waals surface area (Å²) in [5.74, 6) is -0.512. The van der Waals surface area contributed by atoms with Crippen LogP contribution in [0.2, 0.25) is 0 Å². The molecule has 6 nitrogen and oxygen atoms in total. The highest BCUT2D eigenvalue weighted by Gasteiger charge is 2.38. The SMILES string of the molecule is CS(=O)(=O)c1ccc2c(c1)CCCN2C(=O)[C@@H]1CC(=O)N(c2ccccc2)C1. The summed E-state index contributed by atoms with van der Waals surface area (Å²) in [5.41, 5.74) is 2.43. The predicted octanol–water partition coefficient (Wildman–Crippen LogP) is 2.42. The second-order valence-corrected chi connectivity index (χ2v) is 9.41. The van der Waals surface area contributed by atoms with Gasteiger partial charge in [-0.3, -0.25) is 9.59 Å². The highest BCUT2D eigenvalue weighted by molar-refractivity contribution is 7.90. The van der Waals surface area contributed by atoms with Crippen LogP contribution in [0.15, 0.2) is 53.4 Å². The van der Waals surface area contributed by atoms with Crippen molar-refractivity contribution < 1.29 is 18.0 Å². The van der Waals surface area contributed by atoms with Crippen molar-refractivity contribution in [3.05, 3.63) is 54.1 Å². The molecule has 0 N–H and O–H groups in total. The van der Waals surface area contributed by atoms with Crippen LogP contribution in [-0.4, -0.2) is 39.6 Å². The van der Waals surface area contributed by atoms with Crippen molar-refractivity contribution in [3.8, 4) is 0 Å². The first-order valence-corrected chi connectivity index (χ1v) is 11.2. The largest absolute Gasteiger partial charge is 0.312 e. The second-order valence-electron chi connectivity index (χ2n) is 7.40. The third-order valence-corrected chi connectivity index (χ3v) is 6.52. The van der Waals surface area contributed by atoms with E-state index in [1.54, 1.807) is 28.0 Å². The van der Waals surface area contributed by atoms with Crippen molar-refractivity contribution >= 4 is 33.0 Å². The molecule has 0 bridgehead atoms. The molecule has 1 fully saturated rings. The standard InChI is InChI=1S/C21H22N2O4S/c1-28(26,27)18-9-10-19-15(12-18)6-5-11-22(19)21(25)16-13-20(24)23(14-16)17-7-3-2-4-8-17/h2-4,7-10,12,16H,5-6,11,13-14H2,1H3/t16-/m1/s1. The molecule has 2 aliphatic rings. The zero-order valence-corrected chi connectivity index (χ0v) is 16.5. The van der Waals surface area contributed by atoms with Crippen molar-refractivity contribution in [2.24, 2.45) is 5.92 Å². The lowest BCUT2D eigenvalue weighted by molar-refractivity contribution is -0.124. The topological polar surface area (TPSA) is 74.8 Å². The van der Waals surface area contributed by atoms with Gasteiger partial charge >= 0.3 is 0 Å². The fraction of sp³-hybridized carbons (Fsp3) is 0.333. The van der Waals surface area contributed by atoms with E-state index in [0.29, 0.717) is 13.1 Å². The highest BCUT2D eigenvalue weighted by atomic mass is 32.2. The molecule has 7 heteroatoms. The van der Waals surface area contributed by atoms with Crippen LogP contribution in [0, 0.1) is 5.92 Å². The minimum Gasteiger partial charge on any atom is -0.312 e. The lowest BCUT2D eigenvalue weighted by atomic mass is 9.99. The van der Waals surface area contributed by atoms with Crippen LogP contribution in [0.25, 0.3) is 0 Å². The maximum absolute atomic E-state index is 13.2. The van der Waals surface area contributed by atoms with Gasteiger partial charge in [-0.15, -0.1) is 0 Å². The van der Waals surface area contributed by atoms with Gasteiger partial charge in [0.1, 0.15) is 0 Å². The Morgan fingerprint density at radius 2 is 1.86 bits per heavy atom. The van der Waals surface area contributed by atoms with Gasteiger partial charge < -0.3 is 9.80 Å². The van der Waals surface area contributed by atoms with Crippen LogP contribution >= 0.6 is 0 Å². The van der Waals surface area contributed by atoms with Crippen LogP contribution in [0.5, 0.6) is 0 Å². The van der Waals surface area contributed by atoms with Crippen LogP contribution < -0.4 is 9.80 Å². The minimum absolute atomic E-state index is 0.0470. The van der Waals surface area contributed by atoms with E-state index in [4.69, 9.17) is 0 Å². The normalized spacial score (nSPS) is 19.6.